The zero-order valence-electron chi connectivity index (χ0n) is 20.7. The summed E-state index contributed by atoms with van der Waals surface area (Å²) in [5.74, 6) is -0.150. The van der Waals surface area contributed by atoms with Crippen LogP contribution in [0.15, 0.2) is 43.8 Å². The molecule has 9 nitrogen and oxygen atoms in total. The number of ether oxygens (including phenoxy) is 1. The highest BCUT2D eigenvalue weighted by Gasteiger charge is 2.27. The van der Waals surface area contributed by atoms with Gasteiger partial charge in [0.15, 0.2) is 0 Å². The van der Waals surface area contributed by atoms with Gasteiger partial charge < -0.3 is 10.1 Å². The number of nitrogens with zero attached hydrogens (tertiary/aromatic N) is 2. The Morgan fingerprint density at radius 1 is 1.22 bits per heavy atom. The predicted octanol–water partition coefficient (Wildman–Crippen LogP) is 2.30. The molecule has 0 spiro atoms. The van der Waals surface area contributed by atoms with Gasteiger partial charge in [0.1, 0.15) is 14.9 Å². The van der Waals surface area contributed by atoms with Crippen LogP contribution < -0.4 is 21.3 Å². The van der Waals surface area contributed by atoms with Gasteiger partial charge in [-0.1, -0.05) is 6.07 Å². The summed E-state index contributed by atoms with van der Waals surface area (Å²) in [5.41, 5.74) is 1.53. The second-order valence-electron chi connectivity index (χ2n) is 9.63. The minimum atomic E-state index is -3.87. The van der Waals surface area contributed by atoms with Gasteiger partial charge in [-0.25, -0.2) is 22.3 Å². The molecule has 0 atom stereocenters. The summed E-state index contributed by atoms with van der Waals surface area (Å²) in [4.78, 5) is 27.2. The van der Waals surface area contributed by atoms with Crippen molar-refractivity contribution in [2.45, 2.75) is 50.1 Å². The van der Waals surface area contributed by atoms with Crippen LogP contribution in [0.25, 0.3) is 10.2 Å². The predicted molar refractivity (Wildman–Crippen MR) is 140 cm³/mol. The van der Waals surface area contributed by atoms with E-state index in [2.05, 4.69) is 10.0 Å². The van der Waals surface area contributed by atoms with Crippen LogP contribution in [-0.4, -0.2) is 37.8 Å². The molecule has 1 aliphatic heterocycles. The van der Waals surface area contributed by atoms with Crippen molar-refractivity contribution in [3.8, 4) is 0 Å². The third-order valence-corrected chi connectivity index (χ3v) is 9.72. The zero-order chi connectivity index (χ0) is 26.3. The van der Waals surface area contributed by atoms with Gasteiger partial charge in [-0.3, -0.25) is 13.9 Å². The molecule has 0 radical (unpaired) electrons. The van der Waals surface area contributed by atoms with Gasteiger partial charge >= 0.3 is 5.69 Å². The highest BCUT2D eigenvalue weighted by Crippen LogP contribution is 2.31. The minimum absolute atomic E-state index is 0.0102. The fourth-order valence-electron chi connectivity index (χ4n) is 4.48. The molecule has 1 aromatic carbocycles. The number of halogens is 1. The third kappa shape index (κ3) is 5.28. The molecule has 0 saturated heterocycles. The largest absolute Gasteiger partial charge is 0.394 e. The Kier molecular flexibility index (Phi) is 7.10. The van der Waals surface area contributed by atoms with Crippen LogP contribution in [0.3, 0.4) is 0 Å². The molecule has 198 valence electrons. The summed E-state index contributed by atoms with van der Waals surface area (Å²) in [7, 11) is -2.15. The zero-order valence-corrected chi connectivity index (χ0v) is 22.3. The van der Waals surface area contributed by atoms with Crippen LogP contribution in [0.1, 0.15) is 36.5 Å². The van der Waals surface area contributed by atoms with Crippen LogP contribution in [0.2, 0.25) is 0 Å². The quantitative estimate of drug-likeness (QED) is 0.425. The fraction of sp³-hybridized carbons (Fsp3) is 0.440. The second kappa shape index (κ2) is 10.2. The summed E-state index contributed by atoms with van der Waals surface area (Å²) >= 11 is 0.853. The summed E-state index contributed by atoms with van der Waals surface area (Å²) in [5, 5.41) is 2.99. The van der Waals surface area contributed by atoms with Crippen molar-refractivity contribution in [2.24, 2.45) is 5.92 Å². The molecular weight excluding hydrogens is 519 g/mol. The van der Waals surface area contributed by atoms with Crippen molar-refractivity contribution in [3.05, 3.63) is 73.3 Å². The van der Waals surface area contributed by atoms with E-state index in [9.17, 15) is 18.0 Å². The Balaban J connectivity index is 1.65. The van der Waals surface area contributed by atoms with Crippen LogP contribution >= 0.6 is 11.3 Å². The van der Waals surface area contributed by atoms with E-state index in [-0.39, 0.29) is 27.5 Å². The number of allylic oxidation sites excluding steroid dienone is 1. The Bertz CT molecular complexity index is 1620. The second-order valence-corrected chi connectivity index (χ2v) is 12.7. The van der Waals surface area contributed by atoms with Crippen molar-refractivity contribution in [2.75, 3.05) is 20.2 Å². The summed E-state index contributed by atoms with van der Waals surface area (Å²) < 4.78 is 51.4. The van der Waals surface area contributed by atoms with Crippen LogP contribution in [0.4, 0.5) is 4.39 Å². The topological polar surface area (TPSA) is 111 Å². The van der Waals surface area contributed by atoms with Crippen LogP contribution in [0, 0.1) is 11.7 Å². The molecule has 3 aromatic rings. The maximum absolute atomic E-state index is 15.1. The van der Waals surface area contributed by atoms with E-state index in [1.54, 1.807) is 26.2 Å². The Morgan fingerprint density at radius 3 is 2.73 bits per heavy atom. The number of sulfonamides is 1. The lowest BCUT2D eigenvalue weighted by Gasteiger charge is -2.19. The number of hydrogen-bond acceptors (Lipinski definition) is 7. The molecule has 1 aliphatic carbocycles. The van der Waals surface area contributed by atoms with Crippen LogP contribution in [-0.2, 0) is 40.9 Å². The summed E-state index contributed by atoms with van der Waals surface area (Å²) in [6.07, 6.45) is 4.28. The van der Waals surface area contributed by atoms with Gasteiger partial charge in [0.2, 0.25) is 10.0 Å². The molecule has 0 amide bonds. The lowest BCUT2D eigenvalue weighted by Crippen LogP contribution is -2.40. The summed E-state index contributed by atoms with van der Waals surface area (Å²) in [6, 6.07) is 4.48. The standard InChI is InChI=1S/C25H29FN4O5S2/c1-15(10-27-2)12-29-23(31)20-9-22(37(33,34)28-11-16-3-4-16)36-24(20)30(25(29)32)13-18-7-17-5-6-35-14-19(17)8-21(18)26/h7-10,16,27-28H,3-6,11-14H2,1-2H3/b15-10+. The molecule has 2 aliphatic rings. The lowest BCUT2D eigenvalue weighted by molar-refractivity contribution is 0.110. The molecule has 1 saturated carbocycles. The number of thiophene rings is 1. The van der Waals surface area contributed by atoms with Crippen LogP contribution in [0.5, 0.6) is 0 Å². The van der Waals surface area contributed by atoms with Crippen molar-refractivity contribution in [1.29, 1.82) is 0 Å². The van der Waals surface area contributed by atoms with Gasteiger partial charge in [0.25, 0.3) is 5.56 Å². The number of benzene rings is 1. The number of aromatic nitrogens is 2. The molecule has 0 unspecified atom stereocenters. The average Bonchev–Trinajstić information content (AvgIpc) is 3.59. The molecule has 2 aromatic heterocycles. The SMILES string of the molecule is CN/C=C(\C)Cn1c(=O)c2cc(S(=O)(=O)NCC3CC3)sc2n(Cc2cc3c(cc2F)COCC3)c1=O. The summed E-state index contributed by atoms with van der Waals surface area (Å²) in [6.45, 7) is 2.85. The van der Waals surface area contributed by atoms with Gasteiger partial charge in [-0.05, 0) is 67.1 Å². The molecule has 5 rings (SSSR count). The number of fused-ring (bicyclic) bond motifs is 2. The van der Waals surface area contributed by atoms with Gasteiger partial charge in [0.05, 0.1) is 31.7 Å². The molecular formula is C25H29FN4O5S2. The molecule has 12 heteroatoms. The molecule has 37 heavy (non-hydrogen) atoms. The number of hydrogen-bond donors (Lipinski definition) is 2. The maximum atomic E-state index is 15.1. The van der Waals surface area contributed by atoms with E-state index in [0.29, 0.717) is 37.7 Å². The van der Waals surface area contributed by atoms with Crippen molar-refractivity contribution >= 4 is 31.6 Å². The van der Waals surface area contributed by atoms with E-state index < -0.39 is 27.1 Å². The van der Waals surface area contributed by atoms with E-state index in [4.69, 9.17) is 4.74 Å². The first-order chi connectivity index (χ1) is 17.7. The number of rotatable bonds is 9. The highest BCUT2D eigenvalue weighted by molar-refractivity contribution is 7.91. The Morgan fingerprint density at radius 2 is 2.00 bits per heavy atom. The van der Waals surface area contributed by atoms with Gasteiger partial charge in [0, 0.05) is 19.2 Å². The third-order valence-electron chi connectivity index (χ3n) is 6.66. The van der Waals surface area contributed by atoms with Crippen molar-refractivity contribution in [1.82, 2.24) is 19.2 Å². The van der Waals surface area contributed by atoms with E-state index >= 15 is 4.39 Å². The smallest absolute Gasteiger partial charge is 0.332 e. The van der Waals surface area contributed by atoms with Gasteiger partial charge in [-0.2, -0.15) is 0 Å². The maximum Gasteiger partial charge on any atom is 0.332 e. The molecule has 0 bridgehead atoms. The van der Waals surface area contributed by atoms with E-state index in [1.807, 2.05) is 0 Å². The lowest BCUT2D eigenvalue weighted by atomic mass is 9.99. The Hall–Kier alpha value is -2.80. The first-order valence-corrected chi connectivity index (χ1v) is 14.5. The van der Waals surface area contributed by atoms with Gasteiger partial charge in [-0.15, -0.1) is 11.3 Å². The highest BCUT2D eigenvalue weighted by atomic mass is 32.2. The van der Waals surface area contributed by atoms with Crippen molar-refractivity contribution < 1.29 is 17.5 Å². The fourth-order valence-corrected chi connectivity index (χ4v) is 7.08. The normalized spacial score (nSPS) is 16.2. The first kappa shape index (κ1) is 25.8. The van der Waals surface area contributed by atoms with Crippen molar-refractivity contribution in [3.63, 3.8) is 0 Å². The van der Waals surface area contributed by atoms with E-state index in [0.717, 1.165) is 45.4 Å². The molecule has 2 N–H and O–H groups in total. The molecule has 3 heterocycles. The monoisotopic (exact) mass is 548 g/mol. The Labute approximate surface area is 217 Å². The number of nitrogens with one attached hydrogen (secondary N) is 2. The molecule has 1 fully saturated rings. The van der Waals surface area contributed by atoms with E-state index in [1.165, 1.54) is 16.7 Å². The average molecular weight is 549 g/mol. The first-order valence-electron chi connectivity index (χ1n) is 12.2. The minimum Gasteiger partial charge on any atom is -0.394 e.